The average molecular weight is 227 g/mol. The summed E-state index contributed by atoms with van der Waals surface area (Å²) >= 11 is 0. The number of hydrogen-bond donors (Lipinski definition) is 2. The van der Waals surface area contributed by atoms with Gasteiger partial charge in [0.25, 0.3) is 0 Å². The highest BCUT2D eigenvalue weighted by Gasteiger charge is 2.00. The molecule has 0 heterocycles. The van der Waals surface area contributed by atoms with E-state index in [-0.39, 0.29) is 13.8 Å². The van der Waals surface area contributed by atoms with Gasteiger partial charge in [0.1, 0.15) is 0 Å². The van der Waals surface area contributed by atoms with E-state index < -0.39 is 0 Å². The molecule has 94 valence electrons. The Morgan fingerprint density at radius 3 is 2.50 bits per heavy atom. The van der Waals surface area contributed by atoms with Gasteiger partial charge in [0, 0.05) is 26.4 Å². The second-order valence-electron chi connectivity index (χ2n) is 2.97. The van der Waals surface area contributed by atoms with Gasteiger partial charge in [0.2, 0.25) is 5.91 Å². The highest BCUT2D eigenvalue weighted by Crippen LogP contribution is 1.96. The van der Waals surface area contributed by atoms with Crippen LogP contribution in [0.1, 0.15) is 28.6 Å². The van der Waals surface area contributed by atoms with Crippen molar-refractivity contribution >= 4 is 12.1 Å². The van der Waals surface area contributed by atoms with Gasteiger partial charge in [-0.15, -0.1) is 0 Å². The first kappa shape index (κ1) is 17.0. The quantitative estimate of drug-likeness (QED) is 0.680. The Balaban J connectivity index is -0.000000616. The highest BCUT2D eigenvalue weighted by molar-refractivity contribution is 5.89. The minimum absolute atomic E-state index is 0. The van der Waals surface area contributed by atoms with Gasteiger partial charge in [-0.05, 0) is 12.5 Å². The molecule has 0 saturated heterocycles. The molecule has 0 aliphatic carbocycles. The number of amides is 1. The third-order valence-electron chi connectivity index (χ3n) is 1.32. The van der Waals surface area contributed by atoms with Gasteiger partial charge in [-0.2, -0.15) is 0 Å². The zero-order valence-corrected chi connectivity index (χ0v) is 10.5. The molecule has 0 radical (unpaired) electrons. The van der Waals surface area contributed by atoms with Crippen LogP contribution in [0.3, 0.4) is 0 Å². The Labute approximate surface area is 99.8 Å². The third-order valence-corrected chi connectivity index (χ3v) is 1.32. The fourth-order valence-electron chi connectivity index (χ4n) is 0.727. The molecule has 3 N–H and O–H groups in total. The van der Waals surface area contributed by atoms with Gasteiger partial charge in [-0.25, -0.2) is 0 Å². The van der Waals surface area contributed by atoms with E-state index in [0.717, 1.165) is 0 Å². The van der Waals surface area contributed by atoms with Gasteiger partial charge in [-0.3, -0.25) is 9.79 Å². The van der Waals surface area contributed by atoms with Crippen molar-refractivity contribution in [3.05, 3.63) is 24.4 Å². The van der Waals surface area contributed by atoms with Crippen molar-refractivity contribution in [2.75, 3.05) is 13.1 Å². The summed E-state index contributed by atoms with van der Waals surface area (Å²) < 4.78 is 0. The van der Waals surface area contributed by atoms with Crippen LogP contribution in [0, 0.1) is 0 Å². The van der Waals surface area contributed by atoms with Crippen LogP contribution in [-0.4, -0.2) is 25.2 Å². The molecule has 0 aromatic rings. The number of nitrogens with one attached hydrogen (secondary N) is 1. The average Bonchev–Trinajstić information content (AvgIpc) is 2.26. The number of nitrogens with zero attached hydrogens (tertiary/aromatic N) is 1. The lowest BCUT2D eigenvalue weighted by atomic mass is 10.2. The molecule has 4 nitrogen and oxygen atoms in total. The lowest BCUT2D eigenvalue weighted by molar-refractivity contribution is -0.120. The molecule has 16 heavy (non-hydrogen) atoms. The number of carbonyl (C=O) groups is 1. The van der Waals surface area contributed by atoms with Crippen LogP contribution >= 0.6 is 0 Å². The van der Waals surface area contributed by atoms with Crippen molar-refractivity contribution in [2.45, 2.75) is 27.2 Å². The zero-order valence-electron chi connectivity index (χ0n) is 10.5. The van der Waals surface area contributed by atoms with Crippen LogP contribution in [-0.2, 0) is 4.79 Å². The fourth-order valence-corrected chi connectivity index (χ4v) is 0.727. The first-order valence-electron chi connectivity index (χ1n) is 5.40. The molecule has 0 aromatic heterocycles. The van der Waals surface area contributed by atoms with E-state index >= 15 is 0 Å². The van der Waals surface area contributed by atoms with E-state index in [4.69, 9.17) is 5.73 Å². The number of hydrogen-bond acceptors (Lipinski definition) is 3. The van der Waals surface area contributed by atoms with Crippen molar-refractivity contribution in [1.82, 2.24) is 5.32 Å². The van der Waals surface area contributed by atoms with Crippen LogP contribution in [0.4, 0.5) is 0 Å². The summed E-state index contributed by atoms with van der Waals surface area (Å²) in [5.74, 6) is -0.0892. The minimum atomic E-state index is -0.0892. The first-order chi connectivity index (χ1) is 7.56. The number of allylic oxidation sites excluding steroid dienone is 1. The fraction of sp³-hybridized carbons (Fsp3) is 0.500. The van der Waals surface area contributed by atoms with Crippen molar-refractivity contribution in [1.29, 1.82) is 0 Å². The molecule has 0 aliphatic rings. The summed E-state index contributed by atoms with van der Waals surface area (Å²) in [4.78, 5) is 15.1. The van der Waals surface area contributed by atoms with E-state index in [2.05, 4.69) is 23.5 Å². The van der Waals surface area contributed by atoms with Crippen molar-refractivity contribution in [3.8, 4) is 0 Å². The molecule has 0 aliphatic heterocycles. The van der Waals surface area contributed by atoms with E-state index in [1.54, 1.807) is 13.1 Å². The lowest BCUT2D eigenvalue weighted by Gasteiger charge is -2.02. The maximum Gasteiger partial charge on any atom is 0.224 e. The second-order valence-corrected chi connectivity index (χ2v) is 2.97. The molecule has 0 fully saturated rings. The zero-order chi connectivity index (χ0) is 13.0. The molecule has 0 bridgehead atoms. The van der Waals surface area contributed by atoms with Crippen LogP contribution in [0.15, 0.2) is 29.4 Å². The Bertz CT molecular complexity index is 262. The molecular weight excluding hydrogens is 202 g/mol. The SMILES string of the molecule is C=C(C=NC(=C)C)CC(=O)NCCN.CC.[HH]. The predicted octanol–water partition coefficient (Wildman–Crippen LogP) is 1.88. The van der Waals surface area contributed by atoms with Crippen LogP contribution < -0.4 is 11.1 Å². The van der Waals surface area contributed by atoms with Crippen LogP contribution in [0.2, 0.25) is 0 Å². The summed E-state index contributed by atoms with van der Waals surface area (Å²) in [6.07, 6.45) is 1.79. The van der Waals surface area contributed by atoms with Gasteiger partial charge in [0.05, 0.1) is 6.42 Å². The number of aliphatic imine (C=N–C) groups is 1. The van der Waals surface area contributed by atoms with Crippen molar-refractivity contribution < 1.29 is 6.22 Å². The van der Waals surface area contributed by atoms with E-state index in [1.165, 1.54) is 0 Å². The Hall–Kier alpha value is -1.42. The van der Waals surface area contributed by atoms with Gasteiger partial charge < -0.3 is 11.1 Å². The number of nitrogens with two attached hydrogens (primary N) is 1. The van der Waals surface area contributed by atoms with E-state index in [9.17, 15) is 4.79 Å². The Morgan fingerprint density at radius 2 is 2.06 bits per heavy atom. The van der Waals surface area contributed by atoms with Crippen LogP contribution in [0.5, 0.6) is 0 Å². The first-order valence-corrected chi connectivity index (χ1v) is 5.40. The summed E-state index contributed by atoms with van der Waals surface area (Å²) in [5.41, 5.74) is 6.57. The molecule has 0 saturated carbocycles. The third kappa shape index (κ3) is 12.6. The molecule has 0 atom stereocenters. The Morgan fingerprint density at radius 1 is 1.50 bits per heavy atom. The van der Waals surface area contributed by atoms with Gasteiger partial charge in [-0.1, -0.05) is 27.0 Å². The minimum Gasteiger partial charge on any atom is -0.355 e. The molecule has 0 unspecified atom stereocenters. The second kappa shape index (κ2) is 11.7. The predicted molar refractivity (Wildman–Crippen MR) is 72.6 cm³/mol. The van der Waals surface area contributed by atoms with Crippen molar-refractivity contribution in [2.24, 2.45) is 10.7 Å². The van der Waals surface area contributed by atoms with Crippen LogP contribution in [0.25, 0.3) is 0 Å². The number of carbonyl (C=O) groups excluding carboxylic acids is 1. The van der Waals surface area contributed by atoms with E-state index in [1.807, 2.05) is 13.8 Å². The highest BCUT2D eigenvalue weighted by atomic mass is 16.1. The van der Waals surface area contributed by atoms with Gasteiger partial charge in [0.15, 0.2) is 0 Å². The molecule has 0 aromatic carbocycles. The maximum absolute atomic E-state index is 11.1. The molecule has 0 rings (SSSR count). The summed E-state index contributed by atoms with van der Waals surface area (Å²) in [7, 11) is 0. The summed E-state index contributed by atoms with van der Waals surface area (Å²) in [6.45, 7) is 14.0. The standard InChI is InChI=1S/C10H17N3O.C2H6.H2/c1-8(2)13-7-9(3)6-10(14)12-5-4-11;1-2;/h7H,1,3-6,11H2,2H3,(H,12,14);1-2H3;1H. The topological polar surface area (TPSA) is 67.5 Å². The monoisotopic (exact) mass is 227 g/mol. The number of rotatable bonds is 6. The Kier molecular flexibility index (Phi) is 12.4. The smallest absolute Gasteiger partial charge is 0.224 e. The van der Waals surface area contributed by atoms with Gasteiger partial charge >= 0.3 is 0 Å². The molecule has 4 heteroatoms. The maximum atomic E-state index is 11.1. The summed E-state index contributed by atoms with van der Waals surface area (Å²) in [6, 6.07) is 0. The molecular formula is C12H25N3O. The largest absolute Gasteiger partial charge is 0.355 e. The molecule has 1 amide bonds. The van der Waals surface area contributed by atoms with Crippen molar-refractivity contribution in [3.63, 3.8) is 0 Å². The lowest BCUT2D eigenvalue weighted by Crippen LogP contribution is -2.29. The van der Waals surface area contributed by atoms with E-state index in [0.29, 0.717) is 24.4 Å². The molecule has 0 spiro atoms. The normalized spacial score (nSPS) is 9.25. The summed E-state index contributed by atoms with van der Waals surface area (Å²) in [5, 5.41) is 2.64.